The van der Waals surface area contributed by atoms with E-state index in [9.17, 15) is 4.79 Å². The fourth-order valence-corrected chi connectivity index (χ4v) is 3.25. The predicted molar refractivity (Wildman–Crippen MR) is 91.0 cm³/mol. The molecule has 1 aromatic rings. The van der Waals surface area contributed by atoms with Crippen LogP contribution < -0.4 is 5.32 Å². The second-order valence-electron chi connectivity index (χ2n) is 6.58. The maximum absolute atomic E-state index is 11.8. The third-order valence-electron chi connectivity index (χ3n) is 3.39. The van der Waals surface area contributed by atoms with Crippen LogP contribution in [0.25, 0.3) is 0 Å². The number of carbonyl (C=O) groups is 1. The molecule has 0 spiro atoms. The quantitative estimate of drug-likeness (QED) is 0.857. The standard InChI is InChI=1S/C17H23N3O2S/c1-17(2,3)22-16(21)19-14-8-10-20(11-9-14)23-15-6-4-13(12-18)5-7-15/h4-7,14H,8-11H2,1-3H3,(H,19,21). The molecular formula is C17H23N3O2S. The molecule has 1 aliphatic rings. The molecule has 23 heavy (non-hydrogen) atoms. The van der Waals surface area contributed by atoms with Gasteiger partial charge in [-0.05, 0) is 69.8 Å². The fourth-order valence-electron chi connectivity index (χ4n) is 2.31. The van der Waals surface area contributed by atoms with Gasteiger partial charge in [0, 0.05) is 24.0 Å². The minimum atomic E-state index is -0.462. The van der Waals surface area contributed by atoms with E-state index in [1.165, 1.54) is 0 Å². The van der Waals surface area contributed by atoms with Crippen molar-refractivity contribution in [1.29, 1.82) is 5.26 Å². The second kappa shape index (κ2) is 7.71. The second-order valence-corrected chi connectivity index (χ2v) is 7.75. The number of carbonyl (C=O) groups excluding carboxylic acids is 1. The van der Waals surface area contributed by atoms with Crippen LogP contribution in [0.3, 0.4) is 0 Å². The molecule has 0 radical (unpaired) electrons. The number of nitrogens with zero attached hydrogens (tertiary/aromatic N) is 2. The summed E-state index contributed by atoms with van der Waals surface area (Å²) in [5, 5.41) is 11.8. The lowest BCUT2D eigenvalue weighted by Gasteiger charge is -2.31. The summed E-state index contributed by atoms with van der Waals surface area (Å²) in [4.78, 5) is 12.9. The minimum absolute atomic E-state index is 0.169. The smallest absolute Gasteiger partial charge is 0.407 e. The molecule has 124 valence electrons. The largest absolute Gasteiger partial charge is 0.444 e. The van der Waals surface area contributed by atoms with Gasteiger partial charge in [-0.2, -0.15) is 5.26 Å². The van der Waals surface area contributed by atoms with Crippen molar-refractivity contribution in [3.63, 3.8) is 0 Å². The van der Waals surface area contributed by atoms with Crippen LogP contribution in [0.4, 0.5) is 4.79 Å². The maximum atomic E-state index is 11.8. The zero-order chi connectivity index (χ0) is 16.9. The van der Waals surface area contributed by atoms with Gasteiger partial charge in [-0.15, -0.1) is 0 Å². The van der Waals surface area contributed by atoms with E-state index in [2.05, 4.69) is 15.7 Å². The number of hydrogen-bond acceptors (Lipinski definition) is 5. The molecule has 2 rings (SSSR count). The molecule has 1 fully saturated rings. The number of alkyl carbamates (subject to hydrolysis) is 1. The number of rotatable bonds is 3. The summed E-state index contributed by atoms with van der Waals surface area (Å²) < 4.78 is 7.58. The van der Waals surface area contributed by atoms with E-state index in [0.29, 0.717) is 5.56 Å². The van der Waals surface area contributed by atoms with Crippen molar-refractivity contribution in [3.05, 3.63) is 29.8 Å². The van der Waals surface area contributed by atoms with E-state index in [4.69, 9.17) is 10.00 Å². The van der Waals surface area contributed by atoms with Gasteiger partial charge in [0.25, 0.3) is 0 Å². The molecular weight excluding hydrogens is 310 g/mol. The van der Waals surface area contributed by atoms with Crippen molar-refractivity contribution in [2.45, 2.75) is 50.2 Å². The van der Waals surface area contributed by atoms with E-state index in [1.54, 1.807) is 11.9 Å². The molecule has 1 aromatic carbocycles. The number of piperidine rings is 1. The van der Waals surface area contributed by atoms with E-state index < -0.39 is 5.60 Å². The van der Waals surface area contributed by atoms with Crippen LogP contribution in [0.2, 0.25) is 0 Å². The van der Waals surface area contributed by atoms with Crippen LogP contribution in [0, 0.1) is 11.3 Å². The SMILES string of the molecule is CC(C)(C)OC(=O)NC1CCN(Sc2ccc(C#N)cc2)CC1. The van der Waals surface area contributed by atoms with Gasteiger partial charge in [0.2, 0.25) is 0 Å². The Morgan fingerprint density at radius 2 is 1.91 bits per heavy atom. The Hall–Kier alpha value is -1.71. The van der Waals surface area contributed by atoms with Crippen molar-refractivity contribution < 1.29 is 9.53 Å². The summed E-state index contributed by atoms with van der Waals surface area (Å²) in [5.41, 5.74) is 0.213. The maximum Gasteiger partial charge on any atom is 0.407 e. The fraction of sp³-hybridized carbons (Fsp3) is 0.529. The Labute approximate surface area is 142 Å². The molecule has 0 saturated carbocycles. The zero-order valence-corrected chi connectivity index (χ0v) is 14.7. The first-order valence-corrected chi connectivity index (χ1v) is 8.56. The Bertz CT molecular complexity index is 567. The molecule has 6 heteroatoms. The van der Waals surface area contributed by atoms with Gasteiger partial charge in [0.05, 0.1) is 11.6 Å². The van der Waals surface area contributed by atoms with Gasteiger partial charge in [0.15, 0.2) is 0 Å². The number of amides is 1. The summed E-state index contributed by atoms with van der Waals surface area (Å²) in [6, 6.07) is 9.89. The van der Waals surface area contributed by atoms with Crippen LogP contribution in [-0.2, 0) is 4.74 Å². The lowest BCUT2D eigenvalue weighted by Crippen LogP contribution is -2.44. The third-order valence-corrected chi connectivity index (χ3v) is 4.50. The molecule has 0 aromatic heterocycles. The summed E-state index contributed by atoms with van der Waals surface area (Å²) in [6.45, 7) is 7.41. The number of ether oxygens (including phenoxy) is 1. The summed E-state index contributed by atoms with van der Waals surface area (Å²) in [6.07, 6.45) is 1.47. The normalized spacial score (nSPS) is 16.6. The van der Waals surface area contributed by atoms with Crippen molar-refractivity contribution in [1.82, 2.24) is 9.62 Å². The van der Waals surface area contributed by atoms with Crippen LogP contribution in [0.5, 0.6) is 0 Å². The Morgan fingerprint density at radius 1 is 1.30 bits per heavy atom. The molecule has 1 aliphatic heterocycles. The van der Waals surface area contributed by atoms with Crippen molar-refractivity contribution in [3.8, 4) is 6.07 Å². The van der Waals surface area contributed by atoms with Gasteiger partial charge in [0.1, 0.15) is 5.60 Å². The van der Waals surface area contributed by atoms with E-state index in [1.807, 2.05) is 45.0 Å². The van der Waals surface area contributed by atoms with Crippen molar-refractivity contribution in [2.75, 3.05) is 13.1 Å². The van der Waals surface area contributed by atoms with Crippen molar-refractivity contribution in [2.24, 2.45) is 0 Å². The summed E-state index contributed by atoms with van der Waals surface area (Å²) in [5.74, 6) is 0. The lowest BCUT2D eigenvalue weighted by atomic mass is 10.1. The lowest BCUT2D eigenvalue weighted by molar-refractivity contribution is 0.0490. The Kier molecular flexibility index (Phi) is 5.91. The molecule has 0 atom stereocenters. The zero-order valence-electron chi connectivity index (χ0n) is 13.8. The highest BCUT2D eigenvalue weighted by atomic mass is 32.2. The van der Waals surface area contributed by atoms with Gasteiger partial charge < -0.3 is 10.1 Å². The molecule has 1 N–H and O–H groups in total. The first-order valence-electron chi connectivity index (χ1n) is 7.78. The number of benzene rings is 1. The molecule has 0 bridgehead atoms. The summed E-state index contributed by atoms with van der Waals surface area (Å²) in [7, 11) is 0. The Morgan fingerprint density at radius 3 is 2.43 bits per heavy atom. The molecule has 1 heterocycles. The monoisotopic (exact) mass is 333 g/mol. The number of nitrogens with one attached hydrogen (secondary N) is 1. The Balaban J connectivity index is 1.75. The van der Waals surface area contributed by atoms with Gasteiger partial charge in [-0.3, -0.25) is 0 Å². The average Bonchev–Trinajstić information content (AvgIpc) is 2.48. The van der Waals surface area contributed by atoms with Crippen LogP contribution in [0.15, 0.2) is 29.2 Å². The number of hydrogen-bond donors (Lipinski definition) is 1. The van der Waals surface area contributed by atoms with Crippen LogP contribution >= 0.6 is 11.9 Å². The van der Waals surface area contributed by atoms with Crippen molar-refractivity contribution >= 4 is 18.0 Å². The van der Waals surface area contributed by atoms with Crippen LogP contribution in [-0.4, -0.2) is 35.1 Å². The van der Waals surface area contributed by atoms with Gasteiger partial charge in [-0.1, -0.05) is 0 Å². The minimum Gasteiger partial charge on any atom is -0.444 e. The molecule has 0 unspecified atom stereocenters. The topological polar surface area (TPSA) is 65.4 Å². The average molecular weight is 333 g/mol. The van der Waals surface area contributed by atoms with E-state index in [-0.39, 0.29) is 12.1 Å². The van der Waals surface area contributed by atoms with E-state index >= 15 is 0 Å². The van der Waals surface area contributed by atoms with E-state index in [0.717, 1.165) is 30.8 Å². The third kappa shape index (κ3) is 6.12. The van der Waals surface area contributed by atoms with Gasteiger partial charge >= 0.3 is 6.09 Å². The summed E-state index contributed by atoms with van der Waals surface area (Å²) >= 11 is 1.69. The number of nitriles is 1. The highest BCUT2D eigenvalue weighted by Crippen LogP contribution is 2.26. The molecule has 1 amide bonds. The molecule has 0 aliphatic carbocycles. The first-order chi connectivity index (χ1) is 10.9. The van der Waals surface area contributed by atoms with Gasteiger partial charge in [-0.25, -0.2) is 9.10 Å². The molecule has 5 nitrogen and oxygen atoms in total. The van der Waals surface area contributed by atoms with Crippen LogP contribution in [0.1, 0.15) is 39.2 Å². The first kappa shape index (κ1) is 17.6. The predicted octanol–water partition coefficient (Wildman–Crippen LogP) is 3.55. The highest BCUT2D eigenvalue weighted by molar-refractivity contribution is 7.97. The highest BCUT2D eigenvalue weighted by Gasteiger charge is 2.23. The molecule has 1 saturated heterocycles.